The Kier molecular flexibility index (Phi) is 9.29. The number of nitrogens with zero attached hydrogens (tertiary/aromatic N) is 2. The van der Waals surface area contributed by atoms with Crippen molar-refractivity contribution in [2.45, 2.75) is 0 Å². The fraction of sp³-hybridized carbons (Fsp3) is 0. The quantitative estimate of drug-likeness (QED) is 0.121. The van der Waals surface area contributed by atoms with Crippen LogP contribution in [0.25, 0.3) is 164 Å². The van der Waals surface area contributed by atoms with Crippen molar-refractivity contribution in [3.05, 3.63) is 400 Å². The second-order valence-corrected chi connectivity index (χ2v) is 25.0. The second-order valence-electron chi connectivity index (χ2n) is 25.0. The highest BCUT2D eigenvalue weighted by atomic mass is 16.3. The van der Waals surface area contributed by atoms with Gasteiger partial charge in [-0.15, -0.1) is 0 Å². The lowest BCUT2D eigenvalue weighted by Crippen LogP contribution is -2.10. The summed E-state index contributed by atoms with van der Waals surface area (Å²) >= 11 is 0. The normalized spacial score (nSPS) is 15.7. The molecule has 0 aliphatic rings. The van der Waals surface area contributed by atoms with Gasteiger partial charge >= 0.3 is 0 Å². The van der Waals surface area contributed by atoms with Crippen molar-refractivity contribution in [1.29, 1.82) is 0 Å². The van der Waals surface area contributed by atoms with E-state index >= 15 is 0 Å². The van der Waals surface area contributed by atoms with Crippen LogP contribution in [0.3, 0.4) is 0 Å². The molecule has 0 saturated heterocycles. The molecule has 0 radical (unpaired) electrons. The van der Waals surface area contributed by atoms with Gasteiger partial charge in [-0.2, -0.15) is 0 Å². The van der Waals surface area contributed by atoms with Gasteiger partial charge in [-0.1, -0.05) is 309 Å². The first-order valence-corrected chi connectivity index (χ1v) is 33.8. The van der Waals surface area contributed by atoms with Crippen LogP contribution in [0.15, 0.2) is 408 Å². The fourth-order valence-corrected chi connectivity index (χ4v) is 14.0. The average Bonchev–Trinajstić information content (AvgIpc) is 1.44. The molecule has 4 heteroatoms. The zero-order valence-corrected chi connectivity index (χ0v) is 55.4. The van der Waals surface area contributed by atoms with Crippen molar-refractivity contribution in [2.24, 2.45) is 0 Å². The lowest BCUT2D eigenvalue weighted by Gasteiger charge is -2.27. The molecule has 2 aromatic heterocycles. The second kappa shape index (κ2) is 26.1. The third-order valence-corrected chi connectivity index (χ3v) is 18.9. The Morgan fingerprint density at radius 1 is 0.217 bits per heavy atom. The van der Waals surface area contributed by atoms with Crippen LogP contribution in [-0.4, -0.2) is 0 Å². The predicted molar refractivity (Wildman–Crippen MR) is 449 cm³/mol. The topological polar surface area (TPSA) is 32.8 Å². The highest BCUT2D eigenvalue weighted by Gasteiger charge is 2.24. The first-order chi connectivity index (χ1) is 65.5. The predicted octanol–water partition coefficient (Wildman–Crippen LogP) is 29.4. The molecule has 0 aliphatic heterocycles. The Morgan fingerprint density at radius 2 is 0.736 bits per heavy atom. The smallest absolute Gasteiger partial charge is 0.145 e. The Labute approximate surface area is 656 Å². The van der Waals surface area contributed by atoms with Gasteiger partial charge in [0.25, 0.3) is 0 Å². The summed E-state index contributed by atoms with van der Waals surface area (Å²) in [6, 6.07) is 45.2. The van der Waals surface area contributed by atoms with Gasteiger partial charge in [0, 0.05) is 60.6 Å². The van der Waals surface area contributed by atoms with Crippen molar-refractivity contribution in [1.82, 2.24) is 0 Å². The molecule has 0 atom stereocenters. The summed E-state index contributed by atoms with van der Waals surface area (Å²) in [5.41, 5.74) is 3.67. The minimum absolute atomic E-state index is 0.386. The van der Waals surface area contributed by atoms with Crippen LogP contribution in [0.5, 0.6) is 0 Å². The Hall–Kier alpha value is -14.1. The van der Waals surface area contributed by atoms with Gasteiger partial charge in [0.1, 0.15) is 22.3 Å². The molecule has 19 aromatic carbocycles. The van der Waals surface area contributed by atoms with Crippen LogP contribution in [0.4, 0.5) is 34.1 Å². The molecule has 0 spiro atoms. The van der Waals surface area contributed by atoms with Crippen LogP contribution in [0, 0.1) is 0 Å². The largest absolute Gasteiger partial charge is 0.455 e. The summed E-state index contributed by atoms with van der Waals surface area (Å²) in [5, 5.41) is 4.55. The Morgan fingerprint density at radius 3 is 1.51 bits per heavy atom. The minimum Gasteiger partial charge on any atom is -0.455 e. The van der Waals surface area contributed by atoms with E-state index in [2.05, 4.69) is 217 Å². The molecular formula is C102H66N2O2. The van der Waals surface area contributed by atoms with Crippen LogP contribution >= 0.6 is 0 Å². The molecule has 2 heterocycles. The first kappa shape index (κ1) is 37.7. The maximum absolute atomic E-state index is 9.74. The van der Waals surface area contributed by atoms with E-state index in [1.165, 1.54) is 43.8 Å². The summed E-state index contributed by atoms with van der Waals surface area (Å²) in [6.45, 7) is 0. The SMILES string of the molecule is [2H]c1c([2H])c([2H])c(-c2c([2H])c([2H])c(N(c3c([2H])c([2H])c(-c4c([2H])c([2H])c5c(c4[2H])c([2H])c([2H])c4c([2H])c([2H])c([2H])c([2H])c45)c([2H])c3[2H])c3c([2H])c([2H])c([2H])c4c([2H])c([2H])c5c(oc6c([2H])c([2H])c([2H])c([2H])c65)c34)c([2H])c2[2H])c([2H])c1[2H].c1ccc(-c2ccc(N(c3ccc(-c4cc5ccccc5c5ccccc45)cc3)c3cccc4ccc5c6cccc(-c7ccccc7)c6oc5c34)cc2)cc1. The highest BCUT2D eigenvalue weighted by molar-refractivity contribution is 6.22. The number of anilines is 6. The molecule has 0 unspecified atom stereocenters. The van der Waals surface area contributed by atoms with E-state index in [0.717, 1.165) is 60.9 Å². The molecule has 0 saturated carbocycles. The zero-order chi connectivity index (χ0) is 97.0. The van der Waals surface area contributed by atoms with Gasteiger partial charge in [0.15, 0.2) is 0 Å². The molecule has 0 amide bonds. The van der Waals surface area contributed by atoms with Gasteiger partial charge in [-0.3, -0.25) is 0 Å². The summed E-state index contributed by atoms with van der Waals surface area (Å²) in [5.74, 6) is 0. The van der Waals surface area contributed by atoms with Gasteiger partial charge < -0.3 is 18.6 Å². The molecule has 0 bridgehead atoms. The van der Waals surface area contributed by atoms with Crippen molar-refractivity contribution in [3.63, 3.8) is 0 Å². The number of benzene rings is 19. The van der Waals surface area contributed by atoms with Crippen molar-refractivity contribution in [2.75, 3.05) is 9.80 Å². The van der Waals surface area contributed by atoms with E-state index in [1.807, 2.05) is 0 Å². The van der Waals surface area contributed by atoms with Gasteiger partial charge in [0.05, 0.1) is 53.9 Å². The number of para-hydroxylation sites is 2. The van der Waals surface area contributed by atoms with Gasteiger partial charge in [0.2, 0.25) is 0 Å². The third kappa shape index (κ3) is 10.9. The molecule has 4 nitrogen and oxygen atoms in total. The van der Waals surface area contributed by atoms with E-state index in [9.17, 15) is 17.8 Å². The van der Waals surface area contributed by atoms with E-state index in [0.29, 0.717) is 4.90 Å². The Balaban J connectivity index is 0.000000180. The van der Waals surface area contributed by atoms with Crippen molar-refractivity contribution < 1.29 is 51.3 Å². The number of hydrogen-bond acceptors (Lipinski definition) is 4. The van der Waals surface area contributed by atoms with E-state index in [1.54, 1.807) is 0 Å². The Bertz CT molecular complexity index is 8840. The molecule has 0 fully saturated rings. The van der Waals surface area contributed by atoms with Gasteiger partial charge in [-0.05, 0) is 195 Å². The lowest BCUT2D eigenvalue weighted by molar-refractivity contribution is 0.672. The molecule has 21 rings (SSSR count). The third-order valence-electron chi connectivity index (χ3n) is 18.9. The number of fused-ring (bicyclic) bond motifs is 16. The maximum Gasteiger partial charge on any atom is 0.145 e. The van der Waals surface area contributed by atoms with Crippen LogP contribution < -0.4 is 9.80 Å². The minimum atomic E-state index is -1.31. The average molecular weight is 1380 g/mol. The lowest BCUT2D eigenvalue weighted by atomic mass is 9.93. The highest BCUT2D eigenvalue weighted by Crippen LogP contribution is 2.49. The molecule has 0 aliphatic carbocycles. The zero-order valence-electron chi connectivity index (χ0n) is 86.4. The maximum atomic E-state index is 9.74. The number of furan rings is 2. The fourth-order valence-electron chi connectivity index (χ4n) is 14.0. The van der Waals surface area contributed by atoms with Crippen LogP contribution in [0.2, 0.25) is 0 Å². The monoisotopic (exact) mass is 1380 g/mol. The van der Waals surface area contributed by atoms with Crippen LogP contribution in [-0.2, 0) is 0 Å². The van der Waals surface area contributed by atoms with E-state index < -0.39 is 281 Å². The standard InChI is InChI=1S/C54H35NO.C48H31NO/c1-3-13-36(14-4-1)37-25-30-42(31-26-37)55(43-32-27-39(28-33-43)50-35-41-17-7-8-19-44(41)46-20-9-10-21-47(46)50)51-24-11-18-40-29-34-49-48-23-12-22-45(38-15-5-2-6-16-38)53(48)56-54(49)52(40)51;1-2-9-32(10-3-1)33-19-25-39(26-20-33)49(45-15-8-12-36-23-30-44-43-14-6-7-16-46(43)50-48(44)47(36)45)40-27-21-34(22-28-40)37-24-29-42-38(31-37)18-17-35-11-4-5-13-41(35)42/h1-35H;1-31H/i;1D,2D,3D,4D,5D,6D,7D,8D,9D,10D,11D,12D,13D,14D,15D,16D,17D,18D,19D,20D,21D,22D,23D,24D,25D,26D,27D,28D,29D,30D,31D. The first-order valence-electron chi connectivity index (χ1n) is 49.3. The summed E-state index contributed by atoms with van der Waals surface area (Å²) in [7, 11) is 0. The summed E-state index contributed by atoms with van der Waals surface area (Å²) in [6.07, 6.45) is 0. The van der Waals surface area contributed by atoms with E-state index in [4.69, 9.17) is 33.5 Å². The van der Waals surface area contributed by atoms with Gasteiger partial charge in [-0.25, -0.2) is 0 Å². The van der Waals surface area contributed by atoms with Crippen molar-refractivity contribution in [3.8, 4) is 55.6 Å². The van der Waals surface area contributed by atoms with Crippen LogP contribution in [0.1, 0.15) is 42.5 Å². The summed E-state index contributed by atoms with van der Waals surface area (Å²) < 4.78 is 292. The molecule has 496 valence electrons. The molecule has 21 aromatic rings. The van der Waals surface area contributed by atoms with Crippen molar-refractivity contribution >= 4 is 143 Å². The molecular weight excluding hydrogens is 1290 g/mol. The summed E-state index contributed by atoms with van der Waals surface area (Å²) in [4.78, 5) is 2.77. The number of rotatable bonds is 11. The molecule has 0 N–H and O–H groups in total. The molecule has 106 heavy (non-hydrogen) atoms. The number of hydrogen-bond donors (Lipinski definition) is 0. The van der Waals surface area contributed by atoms with E-state index in [-0.39, 0.29) is 0 Å².